The van der Waals surface area contributed by atoms with E-state index in [-0.39, 0.29) is 50.6 Å². The third-order valence-electron chi connectivity index (χ3n) is 5.65. The summed E-state index contributed by atoms with van der Waals surface area (Å²) < 4.78 is 39.8. The van der Waals surface area contributed by atoms with Crippen molar-refractivity contribution in [3.8, 4) is 17.3 Å². The van der Waals surface area contributed by atoms with Crippen molar-refractivity contribution in [2.24, 2.45) is 0 Å². The molecule has 0 fully saturated rings. The summed E-state index contributed by atoms with van der Waals surface area (Å²) in [6, 6.07) is 10.0. The van der Waals surface area contributed by atoms with E-state index in [1.54, 1.807) is 24.3 Å². The molecule has 1 amide bonds. The average molecular weight is 533 g/mol. The monoisotopic (exact) mass is 534 g/mol. The van der Waals surface area contributed by atoms with Gasteiger partial charge in [-0.2, -0.15) is 0 Å². The maximum absolute atomic E-state index is 13.5. The highest BCUT2D eigenvalue weighted by Gasteiger charge is 2.28. The first-order valence-corrected chi connectivity index (χ1v) is 12.7. The number of pyridine rings is 1. The van der Waals surface area contributed by atoms with E-state index < -0.39 is 31.6 Å². The van der Waals surface area contributed by atoms with Crippen molar-refractivity contribution < 1.29 is 22.4 Å². The Hall–Kier alpha value is -3.73. The Labute approximate surface area is 240 Å². The second kappa shape index (κ2) is 11.0. The smallest absolute Gasteiger partial charge is 0.277 e. The summed E-state index contributed by atoms with van der Waals surface area (Å²) >= 11 is 0. The van der Waals surface area contributed by atoms with Gasteiger partial charge in [0.25, 0.3) is 15.9 Å². The highest BCUT2D eigenvalue weighted by Crippen LogP contribution is 2.28. The van der Waals surface area contributed by atoms with Gasteiger partial charge in [-0.25, -0.2) is 18.4 Å². The molecule has 0 aliphatic rings. The topological polar surface area (TPSA) is 123 Å². The van der Waals surface area contributed by atoms with Crippen LogP contribution in [-0.4, -0.2) is 86.3 Å². The van der Waals surface area contributed by atoms with Crippen molar-refractivity contribution in [3.05, 3.63) is 60.1 Å². The summed E-state index contributed by atoms with van der Waals surface area (Å²) in [5.41, 5.74) is -1.14. The number of sulfonamides is 1. The average Bonchev–Trinajstić information content (AvgIpc) is 3.41. The van der Waals surface area contributed by atoms with Gasteiger partial charge >= 0.3 is 0 Å². The number of carbonyl (C=O) groups is 1. The summed E-state index contributed by atoms with van der Waals surface area (Å²) in [7, 11) is 37.9. The Morgan fingerprint density at radius 2 is 1.65 bits per heavy atom. The molecule has 0 aliphatic heterocycles. The Bertz CT molecular complexity index is 1710. The molecule has 0 bridgehead atoms. The number of hydrogen-bond donors (Lipinski definition) is 2. The Kier molecular flexibility index (Phi) is 8.07. The number of nitrogens with one attached hydrogen (secondary N) is 2. The van der Waals surface area contributed by atoms with Crippen LogP contribution in [0.5, 0.6) is 5.88 Å². The first-order chi connectivity index (χ1) is 18.7. The SMILES string of the molecule is [B]c1c([B])c([B])c(C([B])([B])[B])c(NS(=O)(=O)c2cc(NC(=O)c3coc(-c4ccccc4)n3)cnc2OC)c1[B]. The predicted molar refractivity (Wildman–Crippen MR) is 158 cm³/mol. The first-order valence-electron chi connectivity index (χ1n) is 11.3. The van der Waals surface area contributed by atoms with Crippen LogP contribution in [0.15, 0.2) is 58.2 Å². The molecule has 0 saturated carbocycles. The lowest BCUT2D eigenvalue weighted by Gasteiger charge is -2.32. The molecule has 0 unspecified atom stereocenters. The number of carbonyl (C=O) groups excluding carboxylic acids is 1. The minimum Gasteiger partial charge on any atom is -0.480 e. The number of ether oxygens (including phenoxy) is 1. The highest BCUT2D eigenvalue weighted by atomic mass is 32.2. The molecule has 182 valence electrons. The second-order valence-electron chi connectivity index (χ2n) is 8.53. The van der Waals surface area contributed by atoms with Crippen molar-refractivity contribution >= 4 is 104 Å². The maximum atomic E-state index is 13.5. The van der Waals surface area contributed by atoms with Crippen molar-refractivity contribution in [1.29, 1.82) is 0 Å². The zero-order valence-electron chi connectivity index (χ0n) is 21.0. The van der Waals surface area contributed by atoms with Crippen LogP contribution in [0.4, 0.5) is 11.4 Å². The van der Waals surface area contributed by atoms with E-state index in [1.807, 2.05) is 6.07 Å². The van der Waals surface area contributed by atoms with E-state index in [4.69, 9.17) is 64.1 Å². The van der Waals surface area contributed by atoms with Crippen molar-refractivity contribution in [1.82, 2.24) is 9.97 Å². The third kappa shape index (κ3) is 5.74. The molecule has 0 atom stereocenters. The lowest BCUT2D eigenvalue weighted by atomic mass is 9.38. The van der Waals surface area contributed by atoms with E-state index in [1.165, 1.54) is 13.3 Å². The molecule has 0 spiro atoms. The van der Waals surface area contributed by atoms with Gasteiger partial charge in [-0.05, 0) is 18.2 Å². The standard InChI is InChI=1S/C23H13B7N4O5S/c1-38-22-13(40(36,37)34-19-14(23(28,29)30)15(24)16(25)17(26)18(19)27)7-11(8-31-22)32-20(35)12-9-39-21(33-12)10-5-3-2-4-6-10/h2-9,34H,1H3,(H,32,35). The maximum Gasteiger partial charge on any atom is 0.277 e. The van der Waals surface area contributed by atoms with Crippen molar-refractivity contribution in [2.75, 3.05) is 17.1 Å². The van der Waals surface area contributed by atoms with Gasteiger partial charge in [0.2, 0.25) is 11.8 Å². The van der Waals surface area contributed by atoms with Crippen LogP contribution >= 0.6 is 0 Å². The zero-order chi connectivity index (χ0) is 29.4. The van der Waals surface area contributed by atoms with Gasteiger partial charge < -0.3 is 14.5 Å². The predicted octanol–water partition coefficient (Wildman–Crippen LogP) is -2.41. The molecule has 17 heteroatoms. The molecule has 9 nitrogen and oxygen atoms in total. The number of oxazole rings is 1. The van der Waals surface area contributed by atoms with E-state index in [2.05, 4.69) is 20.0 Å². The second-order valence-corrected chi connectivity index (χ2v) is 10.2. The van der Waals surface area contributed by atoms with Crippen LogP contribution in [-0.2, 0) is 15.1 Å². The highest BCUT2D eigenvalue weighted by molar-refractivity contribution is 7.92. The summed E-state index contributed by atoms with van der Waals surface area (Å²) in [4.78, 5) is 20.4. The van der Waals surface area contributed by atoms with Crippen molar-refractivity contribution in [2.45, 2.75) is 10.0 Å². The van der Waals surface area contributed by atoms with Gasteiger partial charge in [0.1, 0.15) is 37.6 Å². The number of hydrogen-bond acceptors (Lipinski definition) is 7. The summed E-state index contributed by atoms with van der Waals surface area (Å²) in [5, 5.41) is 0.336. The number of methoxy groups -OCH3 is 1. The molecule has 4 rings (SSSR count). The summed E-state index contributed by atoms with van der Waals surface area (Å²) in [6.45, 7) is 0. The number of rotatable bonds is 8. The quantitative estimate of drug-likeness (QED) is 0.242. The molecule has 0 aliphatic carbocycles. The fourth-order valence-electron chi connectivity index (χ4n) is 3.71. The van der Waals surface area contributed by atoms with Gasteiger partial charge in [0, 0.05) is 11.3 Å². The van der Waals surface area contributed by atoms with Gasteiger partial charge in [0.15, 0.2) is 10.6 Å². The molecule has 2 aromatic carbocycles. The summed E-state index contributed by atoms with van der Waals surface area (Å²) in [5.74, 6) is -0.800. The normalized spacial score (nSPS) is 11.6. The molecule has 0 saturated heterocycles. The van der Waals surface area contributed by atoms with Gasteiger partial charge in [-0.15, -0.1) is 21.5 Å². The van der Waals surface area contributed by atoms with Gasteiger partial charge in [-0.3, -0.25) is 9.52 Å². The number of benzene rings is 2. The molecule has 2 aromatic heterocycles. The van der Waals surface area contributed by atoms with E-state index in [0.717, 1.165) is 12.3 Å². The zero-order valence-corrected chi connectivity index (χ0v) is 21.8. The molecule has 4 aromatic rings. The third-order valence-corrected chi connectivity index (χ3v) is 6.99. The molecule has 2 N–H and O–H groups in total. The van der Waals surface area contributed by atoms with Gasteiger partial charge in [0.05, 0.1) is 42.5 Å². The van der Waals surface area contributed by atoms with Crippen LogP contribution in [0.2, 0.25) is 0 Å². The Morgan fingerprint density at radius 3 is 2.27 bits per heavy atom. The minimum atomic E-state index is -4.58. The van der Waals surface area contributed by atoms with Crippen LogP contribution in [0, 0.1) is 0 Å². The van der Waals surface area contributed by atoms with Crippen LogP contribution in [0.3, 0.4) is 0 Å². The van der Waals surface area contributed by atoms with Crippen molar-refractivity contribution in [3.63, 3.8) is 0 Å². The molecular formula is C23H13B7N4O5S. The number of nitrogens with zero attached hydrogens (tertiary/aromatic N) is 2. The fourth-order valence-corrected chi connectivity index (χ4v) is 4.95. The van der Waals surface area contributed by atoms with E-state index in [0.29, 0.717) is 5.56 Å². The van der Waals surface area contributed by atoms with Crippen LogP contribution in [0.1, 0.15) is 16.1 Å². The number of aromatic nitrogens is 2. The van der Waals surface area contributed by atoms with E-state index >= 15 is 0 Å². The van der Waals surface area contributed by atoms with E-state index in [9.17, 15) is 13.2 Å². The first kappa shape index (κ1) is 29.3. The molecule has 14 radical (unpaired) electrons. The van der Waals surface area contributed by atoms with Crippen LogP contribution in [0.25, 0.3) is 11.5 Å². The number of amides is 1. The largest absolute Gasteiger partial charge is 0.480 e. The number of anilines is 2. The molecular weight excluding hydrogens is 520 g/mol. The summed E-state index contributed by atoms with van der Waals surface area (Å²) in [6.07, 6.45) is 2.34. The fraction of sp³-hybridized carbons (Fsp3) is 0.0870. The molecule has 2 heterocycles. The minimum absolute atomic E-state index is 0.0224. The Morgan fingerprint density at radius 1 is 1.00 bits per heavy atom. The Balaban J connectivity index is 1.69. The molecule has 40 heavy (non-hydrogen) atoms. The lowest BCUT2D eigenvalue weighted by molar-refractivity contribution is 0.102. The van der Waals surface area contributed by atoms with Crippen LogP contribution < -0.4 is 36.6 Å². The lowest BCUT2D eigenvalue weighted by Crippen LogP contribution is -2.53. The van der Waals surface area contributed by atoms with Gasteiger partial charge in [-0.1, -0.05) is 29.2 Å².